The second-order valence-electron chi connectivity index (χ2n) is 1.97. The molecule has 0 amide bonds. The maximum absolute atomic E-state index is 10.0. The quantitative estimate of drug-likeness (QED) is 0.520. The van der Waals surface area contributed by atoms with Crippen LogP contribution in [0.15, 0.2) is 0 Å². The number of hydrogen-bond donors (Lipinski definition) is 0. The molecule has 0 aliphatic carbocycles. The normalized spacial score (nSPS) is 9.30. The second-order valence-corrected chi connectivity index (χ2v) is 1.97. The molecule has 0 aliphatic rings. The van der Waals surface area contributed by atoms with E-state index in [4.69, 9.17) is 5.26 Å². The van der Waals surface area contributed by atoms with Crippen molar-refractivity contribution in [2.45, 2.75) is 13.3 Å². The molecule has 0 unspecified atom stereocenters. The van der Waals surface area contributed by atoms with E-state index >= 15 is 0 Å². The van der Waals surface area contributed by atoms with Crippen molar-refractivity contribution < 1.29 is 4.79 Å². The predicted octanol–water partition coefficient (Wildman–Crippen LogP) is 0.421. The molecule has 0 rings (SSSR count). The summed E-state index contributed by atoms with van der Waals surface area (Å²) in [6.07, 6.45) is 1.36. The van der Waals surface area contributed by atoms with Crippen LogP contribution in [0.5, 0.6) is 0 Å². The highest BCUT2D eigenvalue weighted by Gasteiger charge is 1.98. The second kappa shape index (κ2) is 6.24. The van der Waals surface area contributed by atoms with Crippen LogP contribution in [0.25, 0.3) is 0 Å². The molecule has 0 N–H and O–H groups in total. The predicted molar refractivity (Wildman–Crippen MR) is 38.4 cm³/mol. The fraction of sp³-hybridized carbons (Fsp3) is 0.714. The van der Waals surface area contributed by atoms with Crippen LogP contribution >= 0.6 is 0 Å². The highest BCUT2D eigenvalue weighted by molar-refractivity contribution is 5.51. The molecule has 0 aromatic rings. The molecule has 56 valence electrons. The average molecular weight is 140 g/mol. The highest BCUT2D eigenvalue weighted by atomic mass is 16.1. The fourth-order valence-corrected chi connectivity index (χ4v) is 0.692. The number of nitrogens with zero attached hydrogens (tertiary/aromatic N) is 2. The van der Waals surface area contributed by atoms with Gasteiger partial charge in [-0.3, -0.25) is 4.90 Å². The maximum atomic E-state index is 10.0. The number of hydrogen-bond acceptors (Lipinski definition) is 3. The van der Waals surface area contributed by atoms with E-state index in [1.807, 2.05) is 17.9 Å². The van der Waals surface area contributed by atoms with Gasteiger partial charge in [-0.1, -0.05) is 6.92 Å². The Hall–Kier alpha value is -0.880. The third-order valence-electron chi connectivity index (χ3n) is 1.32. The van der Waals surface area contributed by atoms with Gasteiger partial charge in [-0.15, -0.1) is 0 Å². The van der Waals surface area contributed by atoms with E-state index in [-0.39, 0.29) is 0 Å². The summed E-state index contributed by atoms with van der Waals surface area (Å²) < 4.78 is 0. The summed E-state index contributed by atoms with van der Waals surface area (Å²) in [5, 5.41) is 8.21. The summed E-state index contributed by atoms with van der Waals surface area (Å²) >= 11 is 0. The van der Waals surface area contributed by atoms with Gasteiger partial charge < -0.3 is 4.79 Å². The average Bonchev–Trinajstić information content (AvgIpc) is 1.98. The molecule has 0 atom stereocenters. The van der Waals surface area contributed by atoms with E-state index < -0.39 is 0 Å². The Balaban J connectivity index is 3.41. The fourth-order valence-electron chi connectivity index (χ4n) is 0.692. The van der Waals surface area contributed by atoms with Gasteiger partial charge in [0, 0.05) is 13.0 Å². The molecule has 0 saturated carbocycles. The van der Waals surface area contributed by atoms with Gasteiger partial charge in [0.15, 0.2) is 0 Å². The summed E-state index contributed by atoms with van der Waals surface area (Å²) in [6.45, 7) is 3.95. The van der Waals surface area contributed by atoms with Crippen LogP contribution in [-0.2, 0) is 4.79 Å². The molecule has 3 heteroatoms. The Morgan fingerprint density at radius 2 is 2.40 bits per heavy atom. The van der Waals surface area contributed by atoms with Crippen molar-refractivity contribution in [2.24, 2.45) is 0 Å². The van der Waals surface area contributed by atoms with E-state index in [9.17, 15) is 4.79 Å². The van der Waals surface area contributed by atoms with E-state index in [0.717, 1.165) is 12.8 Å². The lowest BCUT2D eigenvalue weighted by atomic mass is 10.4. The summed E-state index contributed by atoms with van der Waals surface area (Å²) in [4.78, 5) is 11.9. The van der Waals surface area contributed by atoms with E-state index in [1.165, 1.54) is 0 Å². The van der Waals surface area contributed by atoms with Crippen LogP contribution in [-0.4, -0.2) is 30.8 Å². The molecular formula is C7H12N2O. The first-order valence-corrected chi connectivity index (χ1v) is 3.38. The first-order valence-electron chi connectivity index (χ1n) is 3.38. The first-order chi connectivity index (χ1) is 4.85. The molecule has 0 aromatic heterocycles. The molecule has 0 fully saturated rings. The van der Waals surface area contributed by atoms with Crippen LogP contribution in [0.4, 0.5) is 0 Å². The molecule has 0 bridgehead atoms. The number of carbonyl (C=O) groups is 1. The van der Waals surface area contributed by atoms with Crippen molar-refractivity contribution in [3.63, 3.8) is 0 Å². The molecule has 3 nitrogen and oxygen atoms in total. The SMILES string of the molecule is CCN(CC=O)CCC#N. The zero-order valence-electron chi connectivity index (χ0n) is 6.21. The Labute approximate surface area is 61.2 Å². The van der Waals surface area contributed by atoms with E-state index in [2.05, 4.69) is 0 Å². The Morgan fingerprint density at radius 3 is 2.80 bits per heavy atom. The van der Waals surface area contributed by atoms with Gasteiger partial charge in [0.25, 0.3) is 0 Å². The molecule has 0 heterocycles. The lowest BCUT2D eigenvalue weighted by Crippen LogP contribution is -2.26. The molecular weight excluding hydrogens is 128 g/mol. The van der Waals surface area contributed by atoms with Crippen molar-refractivity contribution in [1.29, 1.82) is 5.26 Å². The minimum absolute atomic E-state index is 0.443. The van der Waals surface area contributed by atoms with E-state index in [0.29, 0.717) is 19.5 Å². The van der Waals surface area contributed by atoms with Gasteiger partial charge in [-0.2, -0.15) is 5.26 Å². The van der Waals surface area contributed by atoms with Crippen LogP contribution in [0.1, 0.15) is 13.3 Å². The summed E-state index contributed by atoms with van der Waals surface area (Å²) in [5.74, 6) is 0. The van der Waals surface area contributed by atoms with Gasteiger partial charge in [-0.05, 0) is 6.54 Å². The summed E-state index contributed by atoms with van der Waals surface area (Å²) in [6, 6.07) is 2.03. The van der Waals surface area contributed by atoms with Gasteiger partial charge in [0.1, 0.15) is 6.29 Å². The monoisotopic (exact) mass is 140 g/mol. The first kappa shape index (κ1) is 9.12. The van der Waals surface area contributed by atoms with Gasteiger partial charge >= 0.3 is 0 Å². The number of aldehydes is 1. The van der Waals surface area contributed by atoms with Crippen LogP contribution < -0.4 is 0 Å². The van der Waals surface area contributed by atoms with Crippen molar-refractivity contribution in [3.05, 3.63) is 0 Å². The lowest BCUT2D eigenvalue weighted by molar-refractivity contribution is -0.108. The topological polar surface area (TPSA) is 44.1 Å². The number of rotatable bonds is 5. The third-order valence-corrected chi connectivity index (χ3v) is 1.32. The smallest absolute Gasteiger partial charge is 0.133 e. The lowest BCUT2D eigenvalue weighted by Gasteiger charge is -2.13. The minimum atomic E-state index is 0.443. The number of likely N-dealkylation sites (N-methyl/N-ethyl adjacent to an activating group) is 1. The Morgan fingerprint density at radius 1 is 1.70 bits per heavy atom. The van der Waals surface area contributed by atoms with Gasteiger partial charge in [0.2, 0.25) is 0 Å². The zero-order valence-corrected chi connectivity index (χ0v) is 6.21. The minimum Gasteiger partial charge on any atom is -0.302 e. The molecule has 10 heavy (non-hydrogen) atoms. The van der Waals surface area contributed by atoms with Crippen molar-refractivity contribution in [2.75, 3.05) is 19.6 Å². The molecule has 0 saturated heterocycles. The summed E-state index contributed by atoms with van der Waals surface area (Å²) in [5.41, 5.74) is 0. The van der Waals surface area contributed by atoms with Gasteiger partial charge in [0.05, 0.1) is 12.6 Å². The van der Waals surface area contributed by atoms with Crippen molar-refractivity contribution in [1.82, 2.24) is 4.90 Å². The zero-order chi connectivity index (χ0) is 7.82. The third kappa shape index (κ3) is 4.04. The molecule has 0 aromatic carbocycles. The molecule has 0 aliphatic heterocycles. The summed E-state index contributed by atoms with van der Waals surface area (Å²) in [7, 11) is 0. The largest absolute Gasteiger partial charge is 0.302 e. The van der Waals surface area contributed by atoms with Crippen molar-refractivity contribution in [3.8, 4) is 6.07 Å². The Kier molecular flexibility index (Phi) is 5.69. The van der Waals surface area contributed by atoms with Gasteiger partial charge in [-0.25, -0.2) is 0 Å². The van der Waals surface area contributed by atoms with Crippen LogP contribution in [0.3, 0.4) is 0 Å². The van der Waals surface area contributed by atoms with Crippen LogP contribution in [0, 0.1) is 11.3 Å². The van der Waals surface area contributed by atoms with E-state index in [1.54, 1.807) is 0 Å². The van der Waals surface area contributed by atoms with Crippen molar-refractivity contribution >= 4 is 6.29 Å². The highest BCUT2D eigenvalue weighted by Crippen LogP contribution is 1.87. The number of carbonyl (C=O) groups excluding carboxylic acids is 1. The number of nitriles is 1. The standard InChI is InChI=1S/C7H12N2O/c1-2-9(6-7-10)5-3-4-8/h7H,2-3,5-6H2,1H3. The molecule has 0 spiro atoms. The maximum Gasteiger partial charge on any atom is 0.133 e. The Bertz CT molecular complexity index is 128. The van der Waals surface area contributed by atoms with Crippen LogP contribution in [0.2, 0.25) is 0 Å². The molecule has 0 radical (unpaired) electrons.